The monoisotopic (exact) mass is 466 g/mol. The van der Waals surface area contributed by atoms with Gasteiger partial charge in [0.05, 0.1) is 23.2 Å². The molecule has 0 saturated carbocycles. The fourth-order valence-corrected chi connectivity index (χ4v) is 3.97. The van der Waals surface area contributed by atoms with Crippen molar-refractivity contribution in [1.82, 2.24) is 19.9 Å². The molecule has 0 saturated heterocycles. The van der Waals surface area contributed by atoms with E-state index in [0.717, 1.165) is 11.0 Å². The normalized spacial score (nSPS) is 13.4. The summed E-state index contributed by atoms with van der Waals surface area (Å²) in [6.45, 7) is 1.81. The van der Waals surface area contributed by atoms with Crippen molar-refractivity contribution in [1.29, 1.82) is 0 Å². The molecule has 0 aliphatic heterocycles. The second-order valence-corrected chi connectivity index (χ2v) is 8.06. The van der Waals surface area contributed by atoms with E-state index in [-0.39, 0.29) is 17.1 Å². The summed E-state index contributed by atoms with van der Waals surface area (Å²) >= 11 is 6.05. The number of halogens is 2. The highest BCUT2D eigenvalue weighted by atomic mass is 35.5. The maximum atomic E-state index is 15.1. The quantitative estimate of drug-likeness (QED) is 0.309. The van der Waals surface area contributed by atoms with Gasteiger partial charge in [-0.15, -0.1) is 0 Å². The number of aliphatic hydroxyl groups is 1. The number of aliphatic hydroxyl groups excluding tert-OH is 1. The predicted molar refractivity (Wildman–Crippen MR) is 123 cm³/mol. The number of benzene rings is 2. The minimum absolute atomic E-state index is 0.0384. The Balaban J connectivity index is 1.47. The number of hydrogen-bond acceptors (Lipinski definition) is 5. The Bertz CT molecular complexity index is 1430. The van der Waals surface area contributed by atoms with E-state index in [1.165, 1.54) is 25.4 Å². The van der Waals surface area contributed by atoms with Gasteiger partial charge < -0.3 is 24.5 Å². The second-order valence-electron chi connectivity index (χ2n) is 7.62. The first-order valence-corrected chi connectivity index (χ1v) is 10.6. The predicted octanol–water partition coefficient (Wildman–Crippen LogP) is 5.46. The third-order valence-corrected chi connectivity index (χ3v) is 5.71. The molecular weight excluding hydrogens is 447 g/mol. The Morgan fingerprint density at radius 1 is 1.12 bits per heavy atom. The van der Waals surface area contributed by atoms with E-state index in [0.29, 0.717) is 27.4 Å². The van der Waals surface area contributed by atoms with Crippen molar-refractivity contribution in [2.24, 2.45) is 0 Å². The highest BCUT2D eigenvalue weighted by Crippen LogP contribution is 2.38. The summed E-state index contributed by atoms with van der Waals surface area (Å²) in [4.78, 5) is 14.9. The van der Waals surface area contributed by atoms with Crippen LogP contribution >= 0.6 is 11.6 Å². The number of ether oxygens (including phenoxy) is 2. The van der Waals surface area contributed by atoms with Crippen LogP contribution in [-0.4, -0.2) is 32.2 Å². The molecule has 168 valence electrons. The van der Waals surface area contributed by atoms with Crippen LogP contribution in [0.3, 0.4) is 0 Å². The molecule has 3 N–H and O–H groups in total. The van der Waals surface area contributed by atoms with Gasteiger partial charge in [0.25, 0.3) is 0 Å². The van der Waals surface area contributed by atoms with Crippen molar-refractivity contribution < 1.29 is 19.0 Å². The molecule has 5 aromatic rings. The SMILES string of the molecule is COc1cc(C(O)c2c[nH]c3ncc(Cl)cc23)c(F)cc1OC(C)c1nc2ccccc2[nH]1. The van der Waals surface area contributed by atoms with Crippen LogP contribution in [0.15, 0.2) is 54.9 Å². The summed E-state index contributed by atoms with van der Waals surface area (Å²) in [5.74, 6) is 0.442. The maximum absolute atomic E-state index is 15.1. The van der Waals surface area contributed by atoms with Crippen molar-refractivity contribution in [3.8, 4) is 11.5 Å². The Morgan fingerprint density at radius 2 is 1.94 bits per heavy atom. The van der Waals surface area contributed by atoms with Gasteiger partial charge in [0.1, 0.15) is 23.4 Å². The third-order valence-electron chi connectivity index (χ3n) is 5.50. The molecular formula is C24H20ClFN4O3. The number of nitrogens with one attached hydrogen (secondary N) is 2. The van der Waals surface area contributed by atoms with Crippen molar-refractivity contribution >= 4 is 33.7 Å². The first-order valence-electron chi connectivity index (χ1n) is 10.2. The van der Waals surface area contributed by atoms with Gasteiger partial charge >= 0.3 is 0 Å². The van der Waals surface area contributed by atoms with Crippen LogP contribution in [0.1, 0.15) is 36.1 Å². The van der Waals surface area contributed by atoms with Crippen LogP contribution in [0, 0.1) is 5.82 Å². The van der Waals surface area contributed by atoms with Crippen molar-refractivity contribution in [2.45, 2.75) is 19.1 Å². The van der Waals surface area contributed by atoms with E-state index >= 15 is 4.39 Å². The summed E-state index contributed by atoms with van der Waals surface area (Å²) in [7, 11) is 1.46. The van der Waals surface area contributed by atoms with Gasteiger partial charge in [0.15, 0.2) is 17.6 Å². The summed E-state index contributed by atoms with van der Waals surface area (Å²) in [6.07, 6.45) is 1.31. The van der Waals surface area contributed by atoms with E-state index in [9.17, 15) is 5.11 Å². The molecule has 3 aromatic heterocycles. The molecule has 0 fully saturated rings. The fraction of sp³-hybridized carbons (Fsp3) is 0.167. The number of fused-ring (bicyclic) bond motifs is 2. The van der Waals surface area contributed by atoms with Crippen LogP contribution in [-0.2, 0) is 0 Å². The highest BCUT2D eigenvalue weighted by Gasteiger charge is 2.23. The lowest BCUT2D eigenvalue weighted by atomic mass is 10.0. The van der Waals surface area contributed by atoms with Gasteiger partial charge in [-0.3, -0.25) is 0 Å². The van der Waals surface area contributed by atoms with Gasteiger partial charge in [-0.05, 0) is 31.2 Å². The number of nitrogens with zero attached hydrogens (tertiary/aromatic N) is 2. The number of imidazole rings is 1. The number of pyridine rings is 1. The Kier molecular flexibility index (Phi) is 5.39. The van der Waals surface area contributed by atoms with E-state index in [4.69, 9.17) is 21.1 Å². The molecule has 9 heteroatoms. The summed E-state index contributed by atoms with van der Waals surface area (Å²) < 4.78 is 26.5. The largest absolute Gasteiger partial charge is 0.493 e. The lowest BCUT2D eigenvalue weighted by Gasteiger charge is -2.18. The van der Waals surface area contributed by atoms with Crippen molar-refractivity contribution in [3.63, 3.8) is 0 Å². The summed E-state index contributed by atoms with van der Waals surface area (Å²) in [5.41, 5.74) is 2.72. The Hall–Kier alpha value is -3.62. The number of para-hydroxylation sites is 2. The third kappa shape index (κ3) is 3.88. The second kappa shape index (κ2) is 8.38. The van der Waals surface area contributed by atoms with Gasteiger partial charge in [-0.1, -0.05) is 23.7 Å². The van der Waals surface area contributed by atoms with E-state index in [1.54, 1.807) is 19.2 Å². The minimum atomic E-state index is -1.27. The Morgan fingerprint density at radius 3 is 2.73 bits per heavy atom. The molecule has 33 heavy (non-hydrogen) atoms. The van der Waals surface area contributed by atoms with Crippen molar-refractivity contribution in [3.05, 3.63) is 82.6 Å². The molecule has 0 aliphatic carbocycles. The lowest BCUT2D eigenvalue weighted by molar-refractivity contribution is 0.201. The first-order chi connectivity index (χ1) is 15.9. The Labute approximate surface area is 193 Å². The molecule has 0 spiro atoms. The molecule has 0 amide bonds. The zero-order chi connectivity index (χ0) is 23.1. The van der Waals surface area contributed by atoms with Gasteiger partial charge in [0, 0.05) is 35.0 Å². The molecule has 5 rings (SSSR count). The van der Waals surface area contributed by atoms with Crippen LogP contribution in [0.2, 0.25) is 5.02 Å². The molecule has 2 atom stereocenters. The molecule has 2 aromatic carbocycles. The zero-order valence-electron chi connectivity index (χ0n) is 17.8. The number of methoxy groups -OCH3 is 1. The highest BCUT2D eigenvalue weighted by molar-refractivity contribution is 6.31. The standard InChI is InChI=1S/C24H20ClFN4O3/c1-12(23-29-18-5-3-4-6-19(18)30-23)33-21-9-17(26)15(8-20(21)32-2)22(31)16-11-28-24-14(16)7-13(25)10-27-24/h3-12,22,31H,1-2H3,(H,27,28)(H,29,30). The minimum Gasteiger partial charge on any atom is -0.493 e. The van der Waals surface area contributed by atoms with Crippen LogP contribution < -0.4 is 9.47 Å². The average molecular weight is 467 g/mol. The van der Waals surface area contributed by atoms with E-state index in [1.807, 2.05) is 24.3 Å². The molecule has 7 nitrogen and oxygen atoms in total. The zero-order valence-corrected chi connectivity index (χ0v) is 18.5. The lowest BCUT2D eigenvalue weighted by Crippen LogP contribution is -2.08. The topological polar surface area (TPSA) is 96.1 Å². The number of rotatable bonds is 6. The number of aromatic nitrogens is 4. The molecule has 3 heterocycles. The smallest absolute Gasteiger partial charge is 0.165 e. The summed E-state index contributed by atoms with van der Waals surface area (Å²) in [6, 6.07) is 11.9. The van der Waals surface area contributed by atoms with Crippen molar-refractivity contribution in [2.75, 3.05) is 7.11 Å². The summed E-state index contributed by atoms with van der Waals surface area (Å²) in [5, 5.41) is 12.0. The fourth-order valence-electron chi connectivity index (χ4n) is 3.82. The van der Waals surface area contributed by atoms with Gasteiger partial charge in [-0.25, -0.2) is 14.4 Å². The average Bonchev–Trinajstić information content (AvgIpc) is 3.43. The van der Waals surface area contributed by atoms with Crippen LogP contribution in [0.5, 0.6) is 11.5 Å². The van der Waals surface area contributed by atoms with Crippen LogP contribution in [0.25, 0.3) is 22.1 Å². The number of H-pyrrole nitrogens is 2. The van der Waals surface area contributed by atoms with Gasteiger partial charge in [-0.2, -0.15) is 0 Å². The first kappa shape index (κ1) is 21.2. The molecule has 2 unspecified atom stereocenters. The number of aromatic amines is 2. The van der Waals surface area contributed by atoms with E-state index < -0.39 is 18.0 Å². The number of hydrogen-bond donors (Lipinski definition) is 3. The van der Waals surface area contributed by atoms with Crippen LogP contribution in [0.4, 0.5) is 4.39 Å². The molecule has 0 bridgehead atoms. The van der Waals surface area contributed by atoms with E-state index in [2.05, 4.69) is 19.9 Å². The van der Waals surface area contributed by atoms with Gasteiger partial charge in [0.2, 0.25) is 0 Å². The molecule has 0 radical (unpaired) electrons. The molecule has 0 aliphatic rings. The maximum Gasteiger partial charge on any atom is 0.165 e.